The van der Waals surface area contributed by atoms with Crippen LogP contribution in [0.5, 0.6) is 0 Å². The number of thioether (sulfide) groups is 1. The minimum atomic E-state index is 0.461. The second-order valence-electron chi connectivity index (χ2n) is 3.71. The first-order valence-corrected chi connectivity index (χ1v) is 5.65. The molecule has 0 aliphatic heterocycles. The first-order valence-electron chi connectivity index (χ1n) is 4.36. The molecule has 3 atom stereocenters. The van der Waals surface area contributed by atoms with Crippen LogP contribution in [-0.4, -0.2) is 17.3 Å². The third-order valence-corrected chi connectivity index (χ3v) is 4.32. The van der Waals surface area contributed by atoms with Crippen molar-refractivity contribution in [2.24, 2.45) is 11.8 Å². The molecule has 0 aromatic heterocycles. The van der Waals surface area contributed by atoms with E-state index in [0.29, 0.717) is 17.0 Å². The lowest BCUT2D eigenvalue weighted by molar-refractivity contribution is -0.123. The molecule has 0 radical (unpaired) electrons. The highest BCUT2D eigenvalue weighted by molar-refractivity contribution is 7.99. The maximum Gasteiger partial charge on any atom is 0.137 e. The number of hydrogen-bond acceptors (Lipinski definition) is 2. The summed E-state index contributed by atoms with van der Waals surface area (Å²) in [5.74, 6) is 1.87. The van der Waals surface area contributed by atoms with Gasteiger partial charge >= 0.3 is 0 Å². The van der Waals surface area contributed by atoms with Crippen LogP contribution in [0.2, 0.25) is 0 Å². The third-order valence-electron chi connectivity index (χ3n) is 3.16. The average molecular weight is 170 g/mol. The number of hydrogen-bond donors (Lipinski definition) is 0. The highest BCUT2D eigenvalue weighted by atomic mass is 32.2. The van der Waals surface area contributed by atoms with Crippen molar-refractivity contribution in [3.63, 3.8) is 0 Å². The highest BCUT2D eigenvalue weighted by Gasteiger charge is 2.40. The number of rotatable bonds is 1. The zero-order chi connectivity index (χ0) is 7.84. The molecule has 2 rings (SSSR count). The van der Waals surface area contributed by atoms with Gasteiger partial charge in [-0.05, 0) is 31.4 Å². The average Bonchev–Trinajstić information content (AvgIpc) is 2.43. The summed E-state index contributed by atoms with van der Waals surface area (Å²) in [5.41, 5.74) is 0. The molecule has 2 aliphatic rings. The molecule has 0 aromatic carbocycles. The molecule has 1 nitrogen and oxygen atoms in total. The summed E-state index contributed by atoms with van der Waals surface area (Å²) in [5, 5.41) is 0.654. The van der Waals surface area contributed by atoms with E-state index in [2.05, 4.69) is 6.26 Å². The van der Waals surface area contributed by atoms with Gasteiger partial charge in [-0.3, -0.25) is 4.79 Å². The maximum absolute atomic E-state index is 11.4. The molecular weight excluding hydrogens is 156 g/mol. The normalized spacial score (nSPS) is 43.0. The van der Waals surface area contributed by atoms with Crippen molar-refractivity contribution in [1.29, 1.82) is 0 Å². The molecule has 0 amide bonds. The van der Waals surface area contributed by atoms with Crippen LogP contribution in [0.15, 0.2) is 0 Å². The Kier molecular flexibility index (Phi) is 1.96. The van der Waals surface area contributed by atoms with E-state index in [1.807, 2.05) is 11.8 Å². The molecule has 11 heavy (non-hydrogen) atoms. The Bertz CT molecular complexity index is 178. The highest BCUT2D eigenvalue weighted by Crippen LogP contribution is 2.43. The molecule has 2 bridgehead atoms. The minimum Gasteiger partial charge on any atom is -0.299 e. The molecule has 2 aliphatic carbocycles. The van der Waals surface area contributed by atoms with E-state index in [4.69, 9.17) is 0 Å². The van der Waals surface area contributed by atoms with Gasteiger partial charge in [0, 0.05) is 17.6 Å². The molecule has 0 N–H and O–H groups in total. The Morgan fingerprint density at radius 2 is 2.27 bits per heavy atom. The lowest BCUT2D eigenvalue weighted by Gasteiger charge is -2.25. The Balaban J connectivity index is 2.11. The first-order chi connectivity index (χ1) is 5.31. The molecule has 2 unspecified atom stereocenters. The second kappa shape index (κ2) is 2.81. The molecule has 2 heteroatoms. The Hall–Kier alpha value is 0.0200. The van der Waals surface area contributed by atoms with Gasteiger partial charge < -0.3 is 0 Å². The summed E-state index contributed by atoms with van der Waals surface area (Å²) in [6, 6.07) is 0. The summed E-state index contributed by atoms with van der Waals surface area (Å²) in [6.07, 6.45) is 6.68. The van der Waals surface area contributed by atoms with Gasteiger partial charge in [0.25, 0.3) is 0 Å². The predicted molar refractivity (Wildman–Crippen MR) is 47.8 cm³/mol. The van der Waals surface area contributed by atoms with Gasteiger partial charge in [-0.1, -0.05) is 0 Å². The number of Topliss-reactive ketones (excluding diaryl/α,β-unsaturated/α-hetero) is 1. The van der Waals surface area contributed by atoms with Crippen molar-refractivity contribution in [1.82, 2.24) is 0 Å². The summed E-state index contributed by atoms with van der Waals surface area (Å²) >= 11 is 1.89. The number of ketones is 1. The fraction of sp³-hybridized carbons (Fsp3) is 0.889. The summed E-state index contributed by atoms with van der Waals surface area (Å²) in [4.78, 5) is 11.4. The van der Waals surface area contributed by atoms with Crippen LogP contribution in [0, 0.1) is 11.8 Å². The van der Waals surface area contributed by atoms with Crippen LogP contribution in [-0.2, 0) is 4.79 Å². The van der Waals surface area contributed by atoms with Crippen molar-refractivity contribution in [2.45, 2.75) is 30.9 Å². The lowest BCUT2D eigenvalue weighted by Crippen LogP contribution is -2.27. The molecular formula is C9H14OS. The smallest absolute Gasteiger partial charge is 0.137 e. The molecule has 2 saturated carbocycles. The minimum absolute atomic E-state index is 0.461. The SMILES string of the molecule is CS[C@@H]1CC(=O)C2CCC1C2. The molecule has 0 spiro atoms. The quantitative estimate of drug-likeness (QED) is 0.599. The number of carbonyl (C=O) groups is 1. The Labute approximate surface area is 71.9 Å². The van der Waals surface area contributed by atoms with Crippen LogP contribution < -0.4 is 0 Å². The van der Waals surface area contributed by atoms with E-state index >= 15 is 0 Å². The molecule has 2 fully saturated rings. The van der Waals surface area contributed by atoms with E-state index in [-0.39, 0.29) is 0 Å². The van der Waals surface area contributed by atoms with Gasteiger partial charge in [0.05, 0.1) is 0 Å². The fourth-order valence-corrected chi connectivity index (χ4v) is 3.42. The molecule has 0 aromatic rings. The van der Waals surface area contributed by atoms with Crippen molar-refractivity contribution >= 4 is 17.5 Å². The van der Waals surface area contributed by atoms with Crippen molar-refractivity contribution < 1.29 is 4.79 Å². The van der Waals surface area contributed by atoms with Crippen LogP contribution >= 0.6 is 11.8 Å². The van der Waals surface area contributed by atoms with Gasteiger partial charge in [0.1, 0.15) is 5.78 Å². The van der Waals surface area contributed by atoms with Gasteiger partial charge in [-0.2, -0.15) is 11.8 Å². The van der Waals surface area contributed by atoms with Gasteiger partial charge in [0.2, 0.25) is 0 Å². The first kappa shape index (κ1) is 7.66. The van der Waals surface area contributed by atoms with Gasteiger partial charge in [-0.15, -0.1) is 0 Å². The standard InChI is InChI=1S/C9H14OS/c1-11-9-5-8(10)6-2-3-7(9)4-6/h6-7,9H,2-5H2,1H3/t6?,7?,9-/m1/s1. The molecule has 62 valence electrons. The third kappa shape index (κ3) is 1.22. The second-order valence-corrected chi connectivity index (χ2v) is 4.79. The summed E-state index contributed by atoms with van der Waals surface area (Å²) in [6.45, 7) is 0. The van der Waals surface area contributed by atoms with Gasteiger partial charge in [0.15, 0.2) is 0 Å². The zero-order valence-electron chi connectivity index (χ0n) is 6.88. The van der Waals surface area contributed by atoms with Crippen molar-refractivity contribution in [2.75, 3.05) is 6.26 Å². The predicted octanol–water partition coefficient (Wildman–Crippen LogP) is 2.11. The lowest BCUT2D eigenvalue weighted by atomic mass is 9.88. The summed E-state index contributed by atoms with van der Waals surface area (Å²) < 4.78 is 0. The largest absolute Gasteiger partial charge is 0.299 e. The van der Waals surface area contributed by atoms with Gasteiger partial charge in [-0.25, -0.2) is 0 Å². The fourth-order valence-electron chi connectivity index (χ4n) is 2.45. The Morgan fingerprint density at radius 1 is 1.45 bits per heavy atom. The maximum atomic E-state index is 11.4. The van der Waals surface area contributed by atoms with Crippen molar-refractivity contribution in [3.05, 3.63) is 0 Å². The monoisotopic (exact) mass is 170 g/mol. The van der Waals surface area contributed by atoms with Crippen LogP contribution in [0.1, 0.15) is 25.7 Å². The van der Waals surface area contributed by atoms with E-state index in [1.165, 1.54) is 19.3 Å². The van der Waals surface area contributed by atoms with E-state index in [1.54, 1.807) is 0 Å². The Morgan fingerprint density at radius 3 is 3.00 bits per heavy atom. The van der Waals surface area contributed by atoms with Crippen LogP contribution in [0.3, 0.4) is 0 Å². The van der Waals surface area contributed by atoms with Crippen LogP contribution in [0.25, 0.3) is 0 Å². The molecule has 0 saturated heterocycles. The summed E-state index contributed by atoms with van der Waals surface area (Å²) in [7, 11) is 0. The number of carbonyl (C=O) groups excluding carboxylic acids is 1. The molecule has 0 heterocycles. The topological polar surface area (TPSA) is 17.1 Å². The van der Waals surface area contributed by atoms with E-state index < -0.39 is 0 Å². The number of fused-ring (bicyclic) bond motifs is 2. The van der Waals surface area contributed by atoms with E-state index in [0.717, 1.165) is 12.3 Å². The van der Waals surface area contributed by atoms with E-state index in [9.17, 15) is 4.79 Å². The van der Waals surface area contributed by atoms with Crippen molar-refractivity contribution in [3.8, 4) is 0 Å². The van der Waals surface area contributed by atoms with Crippen LogP contribution in [0.4, 0.5) is 0 Å². The zero-order valence-corrected chi connectivity index (χ0v) is 7.69.